The molecule has 0 saturated carbocycles. The zero-order chi connectivity index (χ0) is 63.3. The van der Waals surface area contributed by atoms with Gasteiger partial charge in [0.05, 0.1) is 71.7 Å². The normalized spacial score (nSPS) is 13.1. The number of nitrogens with zero attached hydrogens (tertiary/aromatic N) is 7. The highest BCUT2D eigenvalue weighted by Gasteiger charge is 2.27. The van der Waals surface area contributed by atoms with Crippen LogP contribution in [0.1, 0.15) is 108 Å². The first kappa shape index (κ1) is 69.9. The number of ether oxygens (including phenoxy) is 5. The van der Waals surface area contributed by atoms with E-state index in [1.807, 2.05) is 18.2 Å². The van der Waals surface area contributed by atoms with Crippen LogP contribution in [0.4, 0.5) is 37.7 Å². The van der Waals surface area contributed by atoms with Gasteiger partial charge in [-0.1, -0.05) is 0 Å². The highest BCUT2D eigenvalue weighted by molar-refractivity contribution is 9.10. The number of urea groups is 3. The van der Waals surface area contributed by atoms with Crippen LogP contribution in [0.15, 0.2) is 70.2 Å². The first-order chi connectivity index (χ1) is 40.9. The maximum absolute atomic E-state index is 12.1. The third-order valence-corrected chi connectivity index (χ3v) is 12.4. The van der Waals surface area contributed by atoms with Gasteiger partial charge in [-0.2, -0.15) is 0 Å². The van der Waals surface area contributed by atoms with Crippen LogP contribution in [0.5, 0.6) is 0 Å². The zero-order valence-corrected chi connectivity index (χ0v) is 52.0. The van der Waals surface area contributed by atoms with Gasteiger partial charge in [0.25, 0.3) is 0 Å². The number of carbonyl (C=O) groups is 9. The summed E-state index contributed by atoms with van der Waals surface area (Å²) in [4.78, 5) is 124. The number of nitrogen functional groups attached to an aromatic ring is 1. The fourth-order valence-electron chi connectivity index (χ4n) is 7.66. The predicted molar refractivity (Wildman–Crippen MR) is 323 cm³/mol. The maximum atomic E-state index is 12.1. The number of carboxylic acids is 1. The van der Waals surface area contributed by atoms with Gasteiger partial charge in [-0.05, 0) is 128 Å². The summed E-state index contributed by atoms with van der Waals surface area (Å²) in [5.74, 6) is -0.704. The van der Waals surface area contributed by atoms with Gasteiger partial charge < -0.3 is 54.5 Å². The molecule has 0 aliphatic carbocycles. The molecule has 0 saturated heterocycles. The molecule has 86 heavy (non-hydrogen) atoms. The Morgan fingerprint density at radius 1 is 0.593 bits per heavy atom. The largest absolute Gasteiger partial charge is 0.478 e. The van der Waals surface area contributed by atoms with E-state index in [9.17, 15) is 43.2 Å². The van der Waals surface area contributed by atoms with Crippen molar-refractivity contribution in [3.05, 3.63) is 104 Å². The number of nitrogens with two attached hydrogens (primary N) is 1. The lowest BCUT2D eigenvalue weighted by molar-refractivity contribution is -0.148. The Morgan fingerprint density at radius 2 is 0.977 bits per heavy atom. The smallest absolute Gasteiger partial charge is 0.331 e. The van der Waals surface area contributed by atoms with Crippen molar-refractivity contribution in [3.8, 4) is 0 Å². The topological polar surface area (TPSA) is 355 Å². The van der Waals surface area contributed by atoms with Crippen LogP contribution in [-0.2, 0) is 78.6 Å². The molecule has 3 aliphatic rings. The molecular weight excluding hydrogens is 1250 g/mol. The molecule has 7 N–H and O–H groups in total. The molecule has 7 rings (SSSR count). The Morgan fingerprint density at radius 3 is 1.40 bits per heavy atom. The van der Waals surface area contributed by atoms with Gasteiger partial charge in [0.2, 0.25) is 0 Å². The summed E-state index contributed by atoms with van der Waals surface area (Å²) in [7, 11) is 0. The van der Waals surface area contributed by atoms with Gasteiger partial charge in [0, 0.05) is 101 Å². The summed E-state index contributed by atoms with van der Waals surface area (Å²) in [6, 6.07) is 6.50. The van der Waals surface area contributed by atoms with Crippen molar-refractivity contribution in [1.82, 2.24) is 40.0 Å². The summed E-state index contributed by atoms with van der Waals surface area (Å²) in [6.45, 7) is 16.8. The molecule has 7 heterocycles. The van der Waals surface area contributed by atoms with Crippen molar-refractivity contribution in [3.63, 3.8) is 0 Å². The molecule has 0 atom stereocenters. The molecule has 0 bridgehead atoms. The summed E-state index contributed by atoms with van der Waals surface area (Å²) < 4.78 is 26.3. The van der Waals surface area contributed by atoms with Crippen LogP contribution in [-0.4, -0.2) is 152 Å². The third-order valence-electron chi connectivity index (χ3n) is 11.5. The van der Waals surface area contributed by atoms with Crippen molar-refractivity contribution in [1.29, 1.82) is 0 Å². The Kier molecular flexibility index (Phi) is 29.0. The number of pyridine rings is 4. The van der Waals surface area contributed by atoms with Gasteiger partial charge in [-0.3, -0.25) is 35.1 Å². The van der Waals surface area contributed by atoms with E-state index in [1.54, 1.807) is 84.1 Å². The number of aromatic nitrogens is 4. The molecule has 29 heteroatoms. The van der Waals surface area contributed by atoms with Gasteiger partial charge >= 0.3 is 53.9 Å². The SMILES string of the molecule is CCOC(=O)CCN1Cc2cc(/C=C/C(=O)O)cnc2NC1=O.CCOC(=O)CCN1Cc2cc(/C=C/C(=O)OC(C)(C)C)cnc2NC1=O.CCOC(=O)CCN1Cc2cc(Br)cnc2NC1=O.CCOC(=O)CCNCc1cc(Br)cnc1N. The number of carbonyl (C=O) groups excluding carboxylic acids is 8. The van der Waals surface area contributed by atoms with Gasteiger partial charge in [0.1, 0.15) is 28.9 Å². The molecular formula is C57H72Br2N12O15. The number of rotatable bonds is 22. The van der Waals surface area contributed by atoms with Crippen LogP contribution in [0.2, 0.25) is 0 Å². The number of hydrogen-bond donors (Lipinski definition) is 6. The minimum atomic E-state index is -1.05. The van der Waals surface area contributed by atoms with Crippen molar-refractivity contribution in [2.45, 2.75) is 106 Å². The van der Waals surface area contributed by atoms with E-state index in [2.05, 4.69) is 73.1 Å². The lowest BCUT2D eigenvalue weighted by atomic mass is 10.1. The van der Waals surface area contributed by atoms with Crippen molar-refractivity contribution in [2.24, 2.45) is 0 Å². The Hall–Kier alpha value is -8.57. The fraction of sp³-hybridized carbons (Fsp3) is 0.421. The molecule has 0 radical (unpaired) electrons. The lowest BCUT2D eigenvalue weighted by Crippen LogP contribution is -2.40. The number of aliphatic carboxylic acids is 1. The third kappa shape index (κ3) is 25.3. The second kappa shape index (κ2) is 35.7. The standard InChI is InChI=1S/C19H25N3O5.C15H17N3O5.C12H14BrN3O3.C11H16BrN3O2/c1-5-26-15(23)8-9-22-12-14-10-13(11-20-17(14)21-18(22)25)6-7-16(24)27-19(2,3)4;1-2-23-13(21)5-6-18-9-11-7-10(3-4-12(19)20)8-16-14(11)17-15(18)22;1-2-19-10(17)3-4-16-7-8-5-9(13)6-14-11(8)15-12(16)18;1-2-17-10(16)3-4-14-6-8-5-9(12)7-15-11(8)13/h6-7,10-11H,5,8-9,12H2,1-4H3,(H,20,21,25);3-4,7-8H,2,5-6,9H2,1H3,(H,19,20)(H,16,17,22);5-6H,2-4,7H2,1H3,(H,14,15,18);5,7,14H,2-4,6H2,1H3,(H2,13,15)/b7-6+;4-3+;;. The molecule has 0 unspecified atom stereocenters. The number of amides is 6. The van der Waals surface area contributed by atoms with Crippen molar-refractivity contribution in [2.75, 3.05) is 74.3 Å². The fourth-order valence-corrected chi connectivity index (χ4v) is 8.42. The monoisotopic (exact) mass is 1320 g/mol. The second-order valence-corrected chi connectivity index (χ2v) is 21.2. The number of fused-ring (bicyclic) bond motifs is 3. The van der Waals surface area contributed by atoms with Crippen molar-refractivity contribution < 1.29 is 71.9 Å². The van der Waals surface area contributed by atoms with E-state index in [-0.39, 0.29) is 74.3 Å². The van der Waals surface area contributed by atoms with Crippen LogP contribution < -0.4 is 27.0 Å². The first-order valence-corrected chi connectivity index (χ1v) is 28.8. The molecule has 6 amide bonds. The number of carboxylic acid groups (broad SMARTS) is 1. The minimum absolute atomic E-state index is 0.114. The number of hydrogen-bond acceptors (Lipinski definition) is 20. The first-order valence-electron chi connectivity index (χ1n) is 27.3. The van der Waals surface area contributed by atoms with Crippen LogP contribution in [0, 0.1) is 0 Å². The van der Waals surface area contributed by atoms with E-state index in [1.165, 1.54) is 28.1 Å². The van der Waals surface area contributed by atoms with Gasteiger partial charge in [-0.25, -0.2) is 43.9 Å². The van der Waals surface area contributed by atoms with Crippen molar-refractivity contribution >= 4 is 121 Å². The molecule has 0 aromatic carbocycles. The lowest BCUT2D eigenvalue weighted by Gasteiger charge is -2.28. The van der Waals surface area contributed by atoms with Crippen LogP contribution in [0.25, 0.3) is 12.2 Å². The van der Waals surface area contributed by atoms with E-state index in [0.29, 0.717) is 107 Å². The number of esters is 5. The van der Waals surface area contributed by atoms with Crippen LogP contribution in [0.3, 0.4) is 0 Å². The number of anilines is 4. The Balaban J connectivity index is 0.000000249. The Bertz CT molecular complexity index is 3100. The summed E-state index contributed by atoms with van der Waals surface area (Å²) >= 11 is 6.67. The van der Waals surface area contributed by atoms with Gasteiger partial charge in [0.15, 0.2) is 0 Å². The highest BCUT2D eigenvalue weighted by Crippen LogP contribution is 2.26. The molecule has 3 aliphatic heterocycles. The van der Waals surface area contributed by atoms with E-state index in [0.717, 1.165) is 37.3 Å². The molecule has 4 aromatic rings. The summed E-state index contributed by atoms with van der Waals surface area (Å²) in [5, 5.41) is 19.8. The second-order valence-electron chi connectivity index (χ2n) is 19.4. The summed E-state index contributed by atoms with van der Waals surface area (Å²) in [5.41, 5.74) is 9.85. The van der Waals surface area contributed by atoms with E-state index >= 15 is 0 Å². The van der Waals surface area contributed by atoms with E-state index < -0.39 is 17.5 Å². The maximum Gasteiger partial charge on any atom is 0.331 e. The minimum Gasteiger partial charge on any atom is -0.478 e. The number of halogens is 2. The average molecular weight is 1330 g/mol. The molecule has 27 nitrogen and oxygen atoms in total. The number of nitrogens with one attached hydrogen (secondary N) is 4. The van der Waals surface area contributed by atoms with E-state index in [4.69, 9.17) is 34.5 Å². The quantitative estimate of drug-likeness (QED) is 0.0189. The molecule has 464 valence electrons. The van der Waals surface area contributed by atoms with Crippen LogP contribution >= 0.6 is 31.9 Å². The van der Waals surface area contributed by atoms with Gasteiger partial charge in [-0.15, -0.1) is 0 Å². The summed E-state index contributed by atoms with van der Waals surface area (Å²) in [6.07, 6.45) is 12.5. The highest BCUT2D eigenvalue weighted by atomic mass is 79.9. The molecule has 4 aromatic heterocycles. The predicted octanol–water partition coefficient (Wildman–Crippen LogP) is 7.83. The zero-order valence-electron chi connectivity index (χ0n) is 48.9. The molecule has 0 spiro atoms. The molecule has 0 fully saturated rings. The average Bonchev–Trinajstić information content (AvgIpc) is 2.11. The Labute approximate surface area is 514 Å².